The molecule has 2 nitrogen and oxygen atoms in total. The Morgan fingerprint density at radius 2 is 2.45 bits per heavy atom. The Bertz CT molecular complexity index is 271. The summed E-state index contributed by atoms with van der Waals surface area (Å²) in [6.07, 6.45) is 4.40. The molecule has 1 aromatic heterocycles. The SMILES string of the molecule is CCc1ccncc1C(N)=S. The second-order valence-electron chi connectivity index (χ2n) is 2.25. The van der Waals surface area contributed by atoms with Crippen molar-refractivity contribution >= 4 is 17.2 Å². The molecule has 3 heteroatoms. The highest BCUT2D eigenvalue weighted by Crippen LogP contribution is 2.06. The van der Waals surface area contributed by atoms with Crippen LogP contribution < -0.4 is 5.73 Å². The molecule has 0 unspecified atom stereocenters. The lowest BCUT2D eigenvalue weighted by Crippen LogP contribution is -2.12. The predicted molar refractivity (Wildman–Crippen MR) is 49.5 cm³/mol. The minimum absolute atomic E-state index is 0.426. The molecule has 0 radical (unpaired) electrons. The molecule has 0 aliphatic heterocycles. The molecule has 0 aliphatic rings. The Balaban J connectivity index is 3.12. The van der Waals surface area contributed by atoms with Crippen LogP contribution in [0.3, 0.4) is 0 Å². The van der Waals surface area contributed by atoms with E-state index in [1.807, 2.05) is 6.07 Å². The van der Waals surface area contributed by atoms with E-state index in [2.05, 4.69) is 11.9 Å². The average molecular weight is 166 g/mol. The number of pyridine rings is 1. The van der Waals surface area contributed by atoms with E-state index in [1.165, 1.54) is 0 Å². The maximum absolute atomic E-state index is 5.48. The normalized spacial score (nSPS) is 9.55. The van der Waals surface area contributed by atoms with Crippen LogP contribution in [0.5, 0.6) is 0 Å². The van der Waals surface area contributed by atoms with Gasteiger partial charge in [-0.3, -0.25) is 4.98 Å². The number of thiocarbonyl (C=S) groups is 1. The van der Waals surface area contributed by atoms with E-state index in [0.717, 1.165) is 17.5 Å². The Kier molecular flexibility index (Phi) is 2.54. The van der Waals surface area contributed by atoms with Crippen molar-refractivity contribution in [3.8, 4) is 0 Å². The molecule has 11 heavy (non-hydrogen) atoms. The highest BCUT2D eigenvalue weighted by Gasteiger charge is 2.01. The summed E-state index contributed by atoms with van der Waals surface area (Å²) >= 11 is 4.85. The number of hydrogen-bond donors (Lipinski definition) is 1. The Morgan fingerprint density at radius 1 is 1.73 bits per heavy atom. The fraction of sp³-hybridized carbons (Fsp3) is 0.250. The first kappa shape index (κ1) is 8.14. The van der Waals surface area contributed by atoms with Gasteiger partial charge in [-0.1, -0.05) is 19.1 Å². The predicted octanol–water partition coefficient (Wildman–Crippen LogP) is 1.28. The van der Waals surface area contributed by atoms with Gasteiger partial charge in [0.15, 0.2) is 0 Å². The summed E-state index contributed by atoms with van der Waals surface area (Å²) in [5.41, 5.74) is 7.53. The topological polar surface area (TPSA) is 38.9 Å². The van der Waals surface area contributed by atoms with Crippen LogP contribution in [0.25, 0.3) is 0 Å². The smallest absolute Gasteiger partial charge is 0.105 e. The zero-order valence-corrected chi connectivity index (χ0v) is 7.19. The zero-order valence-electron chi connectivity index (χ0n) is 6.37. The summed E-state index contributed by atoms with van der Waals surface area (Å²) in [4.78, 5) is 4.37. The minimum atomic E-state index is 0.426. The molecule has 0 saturated carbocycles. The number of aryl methyl sites for hydroxylation is 1. The first-order valence-corrected chi connectivity index (χ1v) is 3.89. The van der Waals surface area contributed by atoms with Crippen molar-refractivity contribution in [2.45, 2.75) is 13.3 Å². The lowest BCUT2D eigenvalue weighted by molar-refractivity contribution is 1.11. The van der Waals surface area contributed by atoms with Gasteiger partial charge >= 0.3 is 0 Å². The summed E-state index contributed by atoms with van der Waals surface area (Å²) in [5.74, 6) is 0. The minimum Gasteiger partial charge on any atom is -0.389 e. The van der Waals surface area contributed by atoms with Crippen LogP contribution in [0.4, 0.5) is 0 Å². The van der Waals surface area contributed by atoms with Crippen molar-refractivity contribution in [1.29, 1.82) is 0 Å². The van der Waals surface area contributed by atoms with E-state index in [4.69, 9.17) is 18.0 Å². The number of nitrogens with zero attached hydrogens (tertiary/aromatic N) is 1. The Labute approximate surface area is 71.4 Å². The van der Waals surface area contributed by atoms with Crippen LogP contribution in [-0.2, 0) is 6.42 Å². The maximum atomic E-state index is 5.48. The number of aromatic nitrogens is 1. The molecule has 0 bridgehead atoms. The van der Waals surface area contributed by atoms with Crippen molar-refractivity contribution in [3.05, 3.63) is 29.6 Å². The van der Waals surface area contributed by atoms with Crippen molar-refractivity contribution in [1.82, 2.24) is 4.98 Å². The van der Waals surface area contributed by atoms with Crippen molar-refractivity contribution in [2.75, 3.05) is 0 Å². The quantitative estimate of drug-likeness (QED) is 0.673. The fourth-order valence-electron chi connectivity index (χ4n) is 0.953. The van der Waals surface area contributed by atoms with Crippen LogP contribution in [0, 0.1) is 0 Å². The standard InChI is InChI=1S/C8H10N2S/c1-2-6-3-4-10-5-7(6)8(9)11/h3-5H,2H2,1H3,(H2,9,11). The van der Waals surface area contributed by atoms with Gasteiger partial charge in [-0.15, -0.1) is 0 Å². The molecule has 0 atom stereocenters. The van der Waals surface area contributed by atoms with Crippen LogP contribution in [-0.4, -0.2) is 9.97 Å². The molecule has 0 aliphatic carbocycles. The molecule has 1 rings (SSSR count). The molecule has 0 spiro atoms. The average Bonchev–Trinajstić information content (AvgIpc) is 2.04. The van der Waals surface area contributed by atoms with Gasteiger partial charge in [0.1, 0.15) is 4.99 Å². The summed E-state index contributed by atoms with van der Waals surface area (Å²) in [7, 11) is 0. The van der Waals surface area contributed by atoms with E-state index in [0.29, 0.717) is 4.99 Å². The van der Waals surface area contributed by atoms with Crippen LogP contribution in [0.2, 0.25) is 0 Å². The van der Waals surface area contributed by atoms with Gasteiger partial charge in [0.2, 0.25) is 0 Å². The molecule has 58 valence electrons. The van der Waals surface area contributed by atoms with E-state index in [9.17, 15) is 0 Å². The van der Waals surface area contributed by atoms with Gasteiger partial charge in [0, 0.05) is 18.0 Å². The zero-order chi connectivity index (χ0) is 8.27. The number of hydrogen-bond acceptors (Lipinski definition) is 2. The molecule has 0 saturated heterocycles. The molecule has 1 aromatic rings. The van der Waals surface area contributed by atoms with Gasteiger partial charge in [-0.25, -0.2) is 0 Å². The van der Waals surface area contributed by atoms with Gasteiger partial charge in [-0.05, 0) is 18.1 Å². The summed E-state index contributed by atoms with van der Waals surface area (Å²) < 4.78 is 0. The van der Waals surface area contributed by atoms with Gasteiger partial charge in [-0.2, -0.15) is 0 Å². The Hall–Kier alpha value is -0.960. The molecule has 1 heterocycles. The first-order chi connectivity index (χ1) is 5.25. The van der Waals surface area contributed by atoms with Gasteiger partial charge in [0.05, 0.1) is 0 Å². The molecule has 0 amide bonds. The third-order valence-electron chi connectivity index (χ3n) is 1.56. The van der Waals surface area contributed by atoms with Crippen molar-refractivity contribution in [3.63, 3.8) is 0 Å². The lowest BCUT2D eigenvalue weighted by atomic mass is 10.1. The monoisotopic (exact) mass is 166 g/mol. The third-order valence-corrected chi connectivity index (χ3v) is 1.78. The summed E-state index contributed by atoms with van der Waals surface area (Å²) in [6.45, 7) is 2.07. The lowest BCUT2D eigenvalue weighted by Gasteiger charge is -2.02. The van der Waals surface area contributed by atoms with Gasteiger partial charge < -0.3 is 5.73 Å². The van der Waals surface area contributed by atoms with Crippen LogP contribution in [0.1, 0.15) is 18.1 Å². The van der Waals surface area contributed by atoms with E-state index in [1.54, 1.807) is 12.4 Å². The highest BCUT2D eigenvalue weighted by molar-refractivity contribution is 7.80. The second kappa shape index (κ2) is 3.44. The maximum Gasteiger partial charge on any atom is 0.105 e. The van der Waals surface area contributed by atoms with E-state index >= 15 is 0 Å². The number of rotatable bonds is 2. The molecule has 0 aromatic carbocycles. The molecule has 0 fully saturated rings. The van der Waals surface area contributed by atoms with E-state index in [-0.39, 0.29) is 0 Å². The van der Waals surface area contributed by atoms with Crippen LogP contribution >= 0.6 is 12.2 Å². The molecular weight excluding hydrogens is 156 g/mol. The number of nitrogens with two attached hydrogens (primary N) is 1. The largest absolute Gasteiger partial charge is 0.389 e. The van der Waals surface area contributed by atoms with Crippen LogP contribution in [0.15, 0.2) is 18.5 Å². The van der Waals surface area contributed by atoms with Crippen molar-refractivity contribution < 1.29 is 0 Å². The molecular formula is C8H10N2S. The van der Waals surface area contributed by atoms with Crippen molar-refractivity contribution in [2.24, 2.45) is 5.73 Å². The first-order valence-electron chi connectivity index (χ1n) is 3.48. The Morgan fingerprint density at radius 3 is 2.91 bits per heavy atom. The summed E-state index contributed by atoms with van der Waals surface area (Å²) in [6, 6.07) is 1.94. The van der Waals surface area contributed by atoms with Gasteiger partial charge in [0.25, 0.3) is 0 Å². The summed E-state index contributed by atoms with van der Waals surface area (Å²) in [5, 5.41) is 0. The third kappa shape index (κ3) is 1.74. The van der Waals surface area contributed by atoms with E-state index < -0.39 is 0 Å². The fourth-order valence-corrected chi connectivity index (χ4v) is 1.14. The molecule has 2 N–H and O–H groups in total. The highest BCUT2D eigenvalue weighted by atomic mass is 32.1. The second-order valence-corrected chi connectivity index (χ2v) is 2.69.